The third kappa shape index (κ3) is 4.08. The Bertz CT molecular complexity index is 719. The maximum Gasteiger partial charge on any atom is 0.255 e. The summed E-state index contributed by atoms with van der Waals surface area (Å²) in [6.07, 6.45) is 4.62. The van der Waals surface area contributed by atoms with E-state index in [4.69, 9.17) is 0 Å². The average molecular weight is 336 g/mol. The Hall–Kier alpha value is -2.62. The van der Waals surface area contributed by atoms with E-state index in [2.05, 4.69) is 5.32 Å². The van der Waals surface area contributed by atoms with Gasteiger partial charge in [-0.25, -0.2) is 0 Å². The van der Waals surface area contributed by atoms with Crippen LogP contribution in [0, 0.1) is 0 Å². The molecular weight excluding hydrogens is 312 g/mol. The summed E-state index contributed by atoms with van der Waals surface area (Å²) < 4.78 is 0. The number of anilines is 1. The minimum atomic E-state index is -0.152. The van der Waals surface area contributed by atoms with Crippen molar-refractivity contribution in [2.24, 2.45) is 0 Å². The van der Waals surface area contributed by atoms with Crippen molar-refractivity contribution in [1.29, 1.82) is 0 Å². The largest absolute Gasteiger partial charge is 0.336 e. The maximum atomic E-state index is 12.8. The molecule has 2 aromatic carbocycles. The van der Waals surface area contributed by atoms with Gasteiger partial charge >= 0.3 is 0 Å². The summed E-state index contributed by atoms with van der Waals surface area (Å²) in [7, 11) is 0. The Morgan fingerprint density at radius 1 is 0.960 bits per heavy atom. The first kappa shape index (κ1) is 17.2. The highest BCUT2D eigenvalue weighted by Gasteiger charge is 2.26. The molecule has 0 spiro atoms. The van der Waals surface area contributed by atoms with Crippen LogP contribution in [0.1, 0.15) is 53.3 Å². The van der Waals surface area contributed by atoms with Crippen LogP contribution >= 0.6 is 0 Å². The minimum Gasteiger partial charge on any atom is -0.336 e. The van der Waals surface area contributed by atoms with Gasteiger partial charge in [-0.2, -0.15) is 0 Å². The van der Waals surface area contributed by atoms with Crippen LogP contribution in [0.25, 0.3) is 0 Å². The van der Waals surface area contributed by atoms with Crippen LogP contribution in [0.2, 0.25) is 0 Å². The lowest BCUT2D eigenvalue weighted by atomic mass is 10.1. The fourth-order valence-electron chi connectivity index (χ4n) is 3.44. The van der Waals surface area contributed by atoms with Crippen molar-refractivity contribution in [3.8, 4) is 0 Å². The molecule has 0 bridgehead atoms. The van der Waals surface area contributed by atoms with Crippen LogP contribution < -0.4 is 5.32 Å². The number of nitrogens with one attached hydrogen (secondary N) is 1. The van der Waals surface area contributed by atoms with Gasteiger partial charge in [0.1, 0.15) is 0 Å². The van der Waals surface area contributed by atoms with E-state index in [0.717, 1.165) is 19.4 Å². The summed E-state index contributed by atoms with van der Waals surface area (Å²) in [5.41, 5.74) is 1.97. The van der Waals surface area contributed by atoms with E-state index in [1.54, 1.807) is 36.4 Å². The van der Waals surface area contributed by atoms with Crippen LogP contribution in [0.15, 0.2) is 54.6 Å². The summed E-state index contributed by atoms with van der Waals surface area (Å²) in [6.45, 7) is 2.76. The highest BCUT2D eigenvalue weighted by atomic mass is 16.2. The maximum absolute atomic E-state index is 12.8. The van der Waals surface area contributed by atoms with Gasteiger partial charge in [-0.15, -0.1) is 0 Å². The average Bonchev–Trinajstić information content (AvgIpc) is 3.18. The zero-order chi connectivity index (χ0) is 17.6. The molecule has 1 aliphatic carbocycles. The molecule has 0 heterocycles. The Kier molecular flexibility index (Phi) is 5.49. The third-order valence-electron chi connectivity index (χ3n) is 4.79. The molecule has 1 fully saturated rings. The zero-order valence-corrected chi connectivity index (χ0v) is 14.6. The molecule has 4 nitrogen and oxygen atoms in total. The van der Waals surface area contributed by atoms with E-state index in [9.17, 15) is 9.59 Å². The third-order valence-corrected chi connectivity index (χ3v) is 4.79. The van der Waals surface area contributed by atoms with Crippen molar-refractivity contribution in [1.82, 2.24) is 4.90 Å². The van der Waals surface area contributed by atoms with Gasteiger partial charge in [-0.1, -0.05) is 31.0 Å². The standard InChI is InChI=1S/C21H24N2O2/c1-2-23(19-10-6-7-11-19)21(25)17-12-14-18(15-13-17)22-20(24)16-8-4-3-5-9-16/h3-5,8-9,12-15,19H,2,6-7,10-11H2,1H3,(H,22,24). The SMILES string of the molecule is CCN(C(=O)c1ccc(NC(=O)c2ccccc2)cc1)C1CCCC1. The van der Waals surface area contributed by atoms with Crippen molar-refractivity contribution >= 4 is 17.5 Å². The van der Waals surface area contributed by atoms with Crippen LogP contribution in [-0.2, 0) is 0 Å². The minimum absolute atomic E-state index is 0.0790. The van der Waals surface area contributed by atoms with Crippen molar-refractivity contribution < 1.29 is 9.59 Å². The van der Waals surface area contributed by atoms with Gasteiger partial charge in [0.05, 0.1) is 0 Å². The summed E-state index contributed by atoms with van der Waals surface area (Å²) in [5.74, 6) is -0.0730. The van der Waals surface area contributed by atoms with Gasteiger partial charge in [0.25, 0.3) is 11.8 Å². The molecule has 25 heavy (non-hydrogen) atoms. The summed E-state index contributed by atoms with van der Waals surface area (Å²) in [4.78, 5) is 26.9. The van der Waals surface area contributed by atoms with E-state index < -0.39 is 0 Å². The van der Waals surface area contributed by atoms with Crippen molar-refractivity contribution in [2.75, 3.05) is 11.9 Å². The molecule has 3 rings (SSSR count). The Morgan fingerprint density at radius 2 is 1.60 bits per heavy atom. The number of hydrogen-bond donors (Lipinski definition) is 1. The second-order valence-electron chi connectivity index (χ2n) is 6.43. The highest BCUT2D eigenvalue weighted by molar-refractivity contribution is 6.04. The molecule has 0 unspecified atom stereocenters. The number of amides is 2. The predicted molar refractivity (Wildman–Crippen MR) is 99.8 cm³/mol. The number of benzene rings is 2. The molecule has 2 amide bonds. The first-order valence-corrected chi connectivity index (χ1v) is 8.96. The van der Waals surface area contributed by atoms with Gasteiger partial charge in [0.2, 0.25) is 0 Å². The lowest BCUT2D eigenvalue weighted by Gasteiger charge is -2.27. The van der Waals surface area contributed by atoms with Gasteiger partial charge < -0.3 is 10.2 Å². The van der Waals surface area contributed by atoms with Crippen LogP contribution in [0.4, 0.5) is 5.69 Å². The van der Waals surface area contributed by atoms with Crippen LogP contribution in [0.3, 0.4) is 0 Å². The molecule has 0 aromatic heterocycles. The van der Waals surface area contributed by atoms with Gasteiger partial charge in [0.15, 0.2) is 0 Å². The summed E-state index contributed by atoms with van der Waals surface area (Å²) in [5, 5.41) is 2.86. The molecule has 2 aromatic rings. The normalized spacial score (nSPS) is 14.3. The summed E-state index contributed by atoms with van der Waals surface area (Å²) >= 11 is 0. The lowest BCUT2D eigenvalue weighted by Crippen LogP contribution is -2.38. The first-order chi connectivity index (χ1) is 12.2. The Morgan fingerprint density at radius 3 is 2.20 bits per heavy atom. The van der Waals surface area contributed by atoms with Gasteiger partial charge in [-0.05, 0) is 56.2 Å². The zero-order valence-electron chi connectivity index (χ0n) is 14.6. The molecule has 1 aliphatic rings. The Balaban J connectivity index is 1.67. The lowest BCUT2D eigenvalue weighted by molar-refractivity contribution is 0.0693. The molecule has 0 radical (unpaired) electrons. The van der Waals surface area contributed by atoms with E-state index in [1.807, 2.05) is 30.0 Å². The smallest absolute Gasteiger partial charge is 0.255 e. The first-order valence-electron chi connectivity index (χ1n) is 8.96. The molecule has 0 saturated heterocycles. The van der Waals surface area contributed by atoms with E-state index in [-0.39, 0.29) is 11.8 Å². The number of carbonyl (C=O) groups excluding carboxylic acids is 2. The highest BCUT2D eigenvalue weighted by Crippen LogP contribution is 2.25. The van der Waals surface area contributed by atoms with E-state index in [0.29, 0.717) is 22.9 Å². The van der Waals surface area contributed by atoms with E-state index in [1.165, 1.54) is 12.8 Å². The molecule has 0 atom stereocenters. The number of carbonyl (C=O) groups is 2. The number of rotatable bonds is 5. The van der Waals surface area contributed by atoms with Crippen LogP contribution in [0.5, 0.6) is 0 Å². The van der Waals surface area contributed by atoms with Crippen molar-refractivity contribution in [3.05, 3.63) is 65.7 Å². The molecule has 4 heteroatoms. The molecular formula is C21H24N2O2. The van der Waals surface area contributed by atoms with Gasteiger partial charge in [-0.3, -0.25) is 9.59 Å². The molecule has 0 aliphatic heterocycles. The number of nitrogens with zero attached hydrogens (tertiary/aromatic N) is 1. The second-order valence-corrected chi connectivity index (χ2v) is 6.43. The monoisotopic (exact) mass is 336 g/mol. The number of hydrogen-bond acceptors (Lipinski definition) is 2. The Labute approximate surface area is 148 Å². The molecule has 1 N–H and O–H groups in total. The molecule has 1 saturated carbocycles. The topological polar surface area (TPSA) is 49.4 Å². The van der Waals surface area contributed by atoms with Crippen molar-refractivity contribution in [2.45, 2.75) is 38.6 Å². The predicted octanol–water partition coefficient (Wildman–Crippen LogP) is 4.34. The molecule has 130 valence electrons. The second kappa shape index (κ2) is 7.97. The summed E-state index contributed by atoms with van der Waals surface area (Å²) in [6, 6.07) is 16.6. The fourth-order valence-corrected chi connectivity index (χ4v) is 3.44. The van der Waals surface area contributed by atoms with Crippen LogP contribution in [-0.4, -0.2) is 29.3 Å². The van der Waals surface area contributed by atoms with E-state index >= 15 is 0 Å². The fraction of sp³-hybridized carbons (Fsp3) is 0.333. The quantitative estimate of drug-likeness (QED) is 0.883. The van der Waals surface area contributed by atoms with Crippen molar-refractivity contribution in [3.63, 3.8) is 0 Å². The van der Waals surface area contributed by atoms with Gasteiger partial charge in [0, 0.05) is 29.4 Å².